The molecule has 0 saturated carbocycles. The van der Waals surface area contributed by atoms with Crippen LogP contribution in [0.2, 0.25) is 0 Å². The molecule has 28 heavy (non-hydrogen) atoms. The Balaban J connectivity index is 1.60. The number of primary amides is 1. The molecule has 0 radical (unpaired) electrons. The Hall–Kier alpha value is -3.81. The first kappa shape index (κ1) is 19.0. The van der Waals surface area contributed by atoms with E-state index in [9.17, 15) is 9.59 Å². The molecule has 1 aromatic heterocycles. The number of nitrogens with two attached hydrogens (primary N) is 1. The van der Waals surface area contributed by atoms with E-state index in [2.05, 4.69) is 33.1 Å². The van der Waals surface area contributed by atoms with Crippen LogP contribution in [-0.2, 0) is 13.0 Å². The lowest BCUT2D eigenvalue weighted by Crippen LogP contribution is -2.19. The molecule has 0 spiro atoms. The maximum absolute atomic E-state index is 12.3. The highest BCUT2D eigenvalue weighted by Crippen LogP contribution is 2.16. The summed E-state index contributed by atoms with van der Waals surface area (Å²) in [6.07, 6.45) is 2.47. The van der Waals surface area contributed by atoms with Crippen LogP contribution >= 0.6 is 0 Å². The summed E-state index contributed by atoms with van der Waals surface area (Å²) in [5, 5.41) is 15.2. The number of nitrogens with zero attached hydrogens (tertiary/aromatic N) is 1. The highest BCUT2D eigenvalue weighted by atomic mass is 16.2. The van der Waals surface area contributed by atoms with Gasteiger partial charge in [-0.3, -0.25) is 9.89 Å². The number of aromatic nitrogens is 2. The number of anilines is 3. The lowest BCUT2D eigenvalue weighted by Gasteiger charge is -2.10. The second kappa shape index (κ2) is 8.72. The van der Waals surface area contributed by atoms with Gasteiger partial charge < -0.3 is 21.7 Å². The third kappa shape index (κ3) is 4.88. The Morgan fingerprint density at radius 3 is 2.32 bits per heavy atom. The van der Waals surface area contributed by atoms with E-state index < -0.39 is 5.91 Å². The monoisotopic (exact) mass is 378 g/mol. The van der Waals surface area contributed by atoms with Crippen LogP contribution in [0.5, 0.6) is 0 Å². The zero-order chi connectivity index (χ0) is 19.9. The second-order valence-corrected chi connectivity index (χ2v) is 6.20. The van der Waals surface area contributed by atoms with Gasteiger partial charge in [-0.1, -0.05) is 31.2 Å². The summed E-state index contributed by atoms with van der Waals surface area (Å²) in [6.45, 7) is 2.50. The van der Waals surface area contributed by atoms with Gasteiger partial charge >= 0.3 is 6.03 Å². The van der Waals surface area contributed by atoms with Crippen molar-refractivity contribution >= 4 is 29.0 Å². The molecule has 8 nitrogen and oxygen atoms in total. The topological polar surface area (TPSA) is 125 Å². The van der Waals surface area contributed by atoms with Gasteiger partial charge in [0.2, 0.25) is 0 Å². The minimum absolute atomic E-state index is 0.156. The van der Waals surface area contributed by atoms with Crippen molar-refractivity contribution in [3.8, 4) is 0 Å². The summed E-state index contributed by atoms with van der Waals surface area (Å²) in [5.74, 6) is -0.608. The minimum atomic E-state index is -0.608. The molecule has 1 heterocycles. The normalized spacial score (nSPS) is 10.3. The number of aryl methyl sites for hydroxylation is 1. The molecule has 0 unspecified atom stereocenters. The molecule has 3 amide bonds. The number of rotatable bonds is 7. The largest absolute Gasteiger partial charge is 0.378 e. The highest BCUT2D eigenvalue weighted by Gasteiger charge is 2.11. The van der Waals surface area contributed by atoms with Crippen molar-refractivity contribution in [3.63, 3.8) is 0 Å². The van der Waals surface area contributed by atoms with Gasteiger partial charge in [0.25, 0.3) is 5.91 Å². The molecule has 0 bridgehead atoms. The summed E-state index contributed by atoms with van der Waals surface area (Å²) < 4.78 is 0. The third-order valence-electron chi connectivity index (χ3n) is 4.13. The van der Waals surface area contributed by atoms with Gasteiger partial charge in [-0.2, -0.15) is 5.10 Å². The van der Waals surface area contributed by atoms with E-state index in [0.717, 1.165) is 23.2 Å². The van der Waals surface area contributed by atoms with Crippen molar-refractivity contribution in [2.45, 2.75) is 19.9 Å². The van der Waals surface area contributed by atoms with Crippen LogP contribution in [-0.4, -0.2) is 22.1 Å². The molecule has 3 aromatic rings. The summed E-state index contributed by atoms with van der Waals surface area (Å²) in [6, 6.07) is 14.8. The first-order chi connectivity index (χ1) is 13.5. The smallest absolute Gasteiger partial charge is 0.323 e. The number of urea groups is 1. The van der Waals surface area contributed by atoms with Crippen molar-refractivity contribution in [1.82, 2.24) is 10.2 Å². The average molecular weight is 378 g/mol. The van der Waals surface area contributed by atoms with E-state index >= 15 is 0 Å². The van der Waals surface area contributed by atoms with Gasteiger partial charge in [0, 0.05) is 24.1 Å². The van der Waals surface area contributed by atoms with Crippen molar-refractivity contribution in [3.05, 3.63) is 71.5 Å². The standard InChI is InChI=1S/C20H22N6O2/c1-2-13-5-3-7-15(9-13)24-20(28)25-16-8-4-6-14(10-16)11-22-17-12-23-26-18(17)19(21)27/h3-10,12,22H,2,11H2,1H3,(H2,21,27)(H,23,26)(H2,24,25,28). The van der Waals surface area contributed by atoms with Crippen LogP contribution in [0, 0.1) is 0 Å². The Labute approximate surface area is 162 Å². The zero-order valence-electron chi connectivity index (χ0n) is 15.5. The van der Waals surface area contributed by atoms with Crippen molar-refractivity contribution in [2.24, 2.45) is 5.73 Å². The number of hydrogen-bond acceptors (Lipinski definition) is 4. The molecule has 2 aromatic carbocycles. The molecule has 0 saturated heterocycles. The lowest BCUT2D eigenvalue weighted by molar-refractivity contribution is 0.0996. The van der Waals surface area contributed by atoms with Crippen LogP contribution in [0.25, 0.3) is 0 Å². The summed E-state index contributed by atoms with van der Waals surface area (Å²) in [5.41, 5.74) is 9.43. The van der Waals surface area contributed by atoms with Crippen LogP contribution in [0.15, 0.2) is 54.7 Å². The van der Waals surface area contributed by atoms with E-state index in [1.807, 2.05) is 42.5 Å². The minimum Gasteiger partial charge on any atom is -0.378 e. The molecule has 144 valence electrons. The maximum Gasteiger partial charge on any atom is 0.323 e. The molecule has 6 N–H and O–H groups in total. The molecule has 0 aliphatic heterocycles. The average Bonchev–Trinajstić information content (AvgIpc) is 3.16. The maximum atomic E-state index is 12.3. The number of carbonyl (C=O) groups is 2. The number of carbonyl (C=O) groups excluding carboxylic acids is 2. The SMILES string of the molecule is CCc1cccc(NC(=O)Nc2cccc(CNc3c[nH]nc3C(N)=O)c2)c1. The molecule has 0 fully saturated rings. The van der Waals surface area contributed by atoms with Crippen LogP contribution < -0.4 is 21.7 Å². The molecule has 8 heteroatoms. The van der Waals surface area contributed by atoms with Crippen molar-refractivity contribution in [2.75, 3.05) is 16.0 Å². The molecule has 0 atom stereocenters. The third-order valence-corrected chi connectivity index (χ3v) is 4.13. The van der Waals surface area contributed by atoms with E-state index in [1.165, 1.54) is 0 Å². The summed E-state index contributed by atoms with van der Waals surface area (Å²) in [4.78, 5) is 23.6. The number of aromatic amines is 1. The van der Waals surface area contributed by atoms with Gasteiger partial charge in [-0.05, 0) is 41.8 Å². The van der Waals surface area contributed by atoms with E-state index in [4.69, 9.17) is 5.73 Å². The second-order valence-electron chi connectivity index (χ2n) is 6.20. The molecule has 0 aliphatic carbocycles. The molecular formula is C20H22N6O2. The first-order valence-corrected chi connectivity index (χ1v) is 8.88. The number of benzene rings is 2. The van der Waals surface area contributed by atoms with Gasteiger partial charge in [0.05, 0.1) is 5.69 Å². The predicted molar refractivity (Wildman–Crippen MR) is 109 cm³/mol. The number of H-pyrrole nitrogens is 1. The number of nitrogens with one attached hydrogen (secondary N) is 4. The van der Waals surface area contributed by atoms with Crippen LogP contribution in [0.3, 0.4) is 0 Å². The number of hydrogen-bond donors (Lipinski definition) is 5. The van der Waals surface area contributed by atoms with E-state index in [1.54, 1.807) is 12.3 Å². The quantitative estimate of drug-likeness (QED) is 0.432. The Bertz CT molecular complexity index is 982. The van der Waals surface area contributed by atoms with Gasteiger partial charge in [-0.25, -0.2) is 4.79 Å². The Kier molecular flexibility index (Phi) is 5.91. The van der Waals surface area contributed by atoms with E-state index in [0.29, 0.717) is 17.9 Å². The number of amides is 3. The fraction of sp³-hybridized carbons (Fsp3) is 0.150. The Morgan fingerprint density at radius 2 is 1.68 bits per heavy atom. The fourth-order valence-corrected chi connectivity index (χ4v) is 2.73. The van der Waals surface area contributed by atoms with Crippen LogP contribution in [0.1, 0.15) is 28.5 Å². The Morgan fingerprint density at radius 1 is 1.04 bits per heavy atom. The first-order valence-electron chi connectivity index (χ1n) is 8.88. The molecular weight excluding hydrogens is 356 g/mol. The van der Waals surface area contributed by atoms with Crippen molar-refractivity contribution < 1.29 is 9.59 Å². The molecule has 3 rings (SSSR count). The van der Waals surface area contributed by atoms with Gasteiger partial charge in [0.15, 0.2) is 5.69 Å². The van der Waals surface area contributed by atoms with Crippen molar-refractivity contribution in [1.29, 1.82) is 0 Å². The highest BCUT2D eigenvalue weighted by molar-refractivity contribution is 5.99. The predicted octanol–water partition coefficient (Wildman–Crippen LogP) is 3.33. The summed E-state index contributed by atoms with van der Waals surface area (Å²) in [7, 11) is 0. The molecule has 0 aliphatic rings. The fourth-order valence-electron chi connectivity index (χ4n) is 2.73. The summed E-state index contributed by atoms with van der Waals surface area (Å²) >= 11 is 0. The van der Waals surface area contributed by atoms with Crippen LogP contribution in [0.4, 0.5) is 21.9 Å². The lowest BCUT2D eigenvalue weighted by atomic mass is 10.1. The van der Waals surface area contributed by atoms with Gasteiger partial charge in [-0.15, -0.1) is 0 Å². The zero-order valence-corrected chi connectivity index (χ0v) is 15.5. The van der Waals surface area contributed by atoms with Gasteiger partial charge in [0.1, 0.15) is 0 Å². The van der Waals surface area contributed by atoms with E-state index in [-0.39, 0.29) is 11.7 Å².